The van der Waals surface area contributed by atoms with Gasteiger partial charge in [0.1, 0.15) is 0 Å². The highest BCUT2D eigenvalue weighted by atomic mass is 32.2. The summed E-state index contributed by atoms with van der Waals surface area (Å²) in [5.41, 5.74) is 0. The highest BCUT2D eigenvalue weighted by molar-refractivity contribution is 8.06. The van der Waals surface area contributed by atoms with E-state index in [1.165, 1.54) is 68.7 Å². The molecule has 0 aliphatic carbocycles. The summed E-state index contributed by atoms with van der Waals surface area (Å²) in [6.07, 6.45) is 9.71. The molecule has 0 aromatic carbocycles. The van der Waals surface area contributed by atoms with Crippen molar-refractivity contribution < 1.29 is 0 Å². The summed E-state index contributed by atoms with van der Waals surface area (Å²) in [5.74, 6) is 4.08. The van der Waals surface area contributed by atoms with Gasteiger partial charge in [0.2, 0.25) is 0 Å². The van der Waals surface area contributed by atoms with Gasteiger partial charge in [-0.1, -0.05) is 46.0 Å². The third kappa shape index (κ3) is 7.30. The van der Waals surface area contributed by atoms with Crippen LogP contribution >= 0.6 is 23.5 Å². The highest BCUT2D eigenvalue weighted by Crippen LogP contribution is 2.28. The Morgan fingerprint density at radius 1 is 1.06 bits per heavy atom. The Labute approximate surface area is 123 Å². The minimum Gasteiger partial charge on any atom is -0.313 e. The molecule has 0 radical (unpaired) electrons. The molecule has 1 rings (SSSR count). The van der Waals surface area contributed by atoms with E-state index >= 15 is 0 Å². The van der Waals surface area contributed by atoms with Crippen LogP contribution in [0.15, 0.2) is 0 Å². The topological polar surface area (TPSA) is 12.0 Å². The van der Waals surface area contributed by atoms with Crippen LogP contribution in [0.4, 0.5) is 0 Å². The first-order chi connectivity index (χ1) is 8.88. The van der Waals surface area contributed by atoms with Gasteiger partial charge >= 0.3 is 0 Å². The number of unbranched alkanes of at least 4 members (excludes halogenated alkanes) is 4. The monoisotopic (exact) mass is 289 g/mol. The largest absolute Gasteiger partial charge is 0.313 e. The summed E-state index contributed by atoms with van der Waals surface area (Å²) in [6, 6.07) is 0.768. The Balaban J connectivity index is 2.21. The lowest BCUT2D eigenvalue weighted by atomic mass is 10.0. The molecule has 0 saturated carbocycles. The van der Waals surface area contributed by atoms with Crippen LogP contribution in [0.25, 0.3) is 0 Å². The van der Waals surface area contributed by atoms with E-state index in [9.17, 15) is 0 Å². The lowest BCUT2D eigenvalue weighted by molar-refractivity contribution is 0.452. The van der Waals surface area contributed by atoms with Crippen LogP contribution in [0.2, 0.25) is 0 Å². The summed E-state index contributed by atoms with van der Waals surface area (Å²) in [4.78, 5) is 0. The van der Waals surface area contributed by atoms with E-state index in [1.807, 2.05) is 0 Å². The molecular weight excluding hydrogens is 258 g/mol. The Morgan fingerprint density at radius 2 is 1.89 bits per heavy atom. The van der Waals surface area contributed by atoms with Gasteiger partial charge in [-0.2, -0.15) is 23.5 Å². The second kappa shape index (κ2) is 11.5. The van der Waals surface area contributed by atoms with Gasteiger partial charge in [-0.15, -0.1) is 0 Å². The SMILES string of the molecule is CCCCCCCC(NCCC)C1CSCCS1. The number of rotatable bonds is 10. The van der Waals surface area contributed by atoms with Crippen LogP contribution in [0, 0.1) is 0 Å². The van der Waals surface area contributed by atoms with Crippen molar-refractivity contribution >= 4 is 23.5 Å². The molecule has 0 bridgehead atoms. The molecule has 0 aromatic rings. The van der Waals surface area contributed by atoms with Crippen LogP contribution in [0.3, 0.4) is 0 Å². The fourth-order valence-electron chi connectivity index (χ4n) is 2.46. The van der Waals surface area contributed by atoms with Crippen molar-refractivity contribution in [2.45, 2.75) is 70.1 Å². The van der Waals surface area contributed by atoms with Crippen LogP contribution in [0.1, 0.15) is 58.8 Å². The van der Waals surface area contributed by atoms with Gasteiger partial charge in [0.15, 0.2) is 0 Å². The zero-order valence-electron chi connectivity index (χ0n) is 12.2. The van der Waals surface area contributed by atoms with Crippen molar-refractivity contribution in [1.82, 2.24) is 5.32 Å². The number of hydrogen-bond acceptors (Lipinski definition) is 3. The third-order valence-electron chi connectivity index (χ3n) is 3.57. The summed E-state index contributed by atoms with van der Waals surface area (Å²) < 4.78 is 0. The number of hydrogen-bond donors (Lipinski definition) is 1. The van der Waals surface area contributed by atoms with E-state index in [0.717, 1.165) is 11.3 Å². The lowest BCUT2D eigenvalue weighted by Gasteiger charge is -2.30. The molecule has 1 heterocycles. The second-order valence-electron chi connectivity index (χ2n) is 5.25. The molecule has 2 unspecified atom stereocenters. The molecule has 1 aliphatic heterocycles. The van der Waals surface area contributed by atoms with E-state index in [0.29, 0.717) is 0 Å². The Hall–Kier alpha value is 0.660. The van der Waals surface area contributed by atoms with Gasteiger partial charge < -0.3 is 5.32 Å². The molecule has 1 nitrogen and oxygen atoms in total. The molecule has 3 heteroatoms. The zero-order chi connectivity index (χ0) is 13.1. The maximum absolute atomic E-state index is 3.80. The fourth-order valence-corrected chi connectivity index (χ4v) is 5.38. The van der Waals surface area contributed by atoms with E-state index in [1.54, 1.807) is 0 Å². The fraction of sp³-hybridized carbons (Fsp3) is 1.00. The summed E-state index contributed by atoms with van der Waals surface area (Å²) in [6.45, 7) is 5.76. The first-order valence-electron chi connectivity index (χ1n) is 7.81. The second-order valence-corrected chi connectivity index (χ2v) is 7.74. The molecule has 0 aromatic heterocycles. The molecule has 1 aliphatic rings. The molecule has 1 saturated heterocycles. The number of nitrogens with one attached hydrogen (secondary N) is 1. The average Bonchev–Trinajstić information content (AvgIpc) is 2.43. The smallest absolute Gasteiger partial charge is 0.0291 e. The van der Waals surface area contributed by atoms with E-state index in [4.69, 9.17) is 0 Å². The Morgan fingerprint density at radius 3 is 2.56 bits per heavy atom. The van der Waals surface area contributed by atoms with Gasteiger partial charge in [-0.05, 0) is 19.4 Å². The number of thioether (sulfide) groups is 2. The first kappa shape index (κ1) is 16.7. The van der Waals surface area contributed by atoms with Crippen molar-refractivity contribution in [2.24, 2.45) is 0 Å². The van der Waals surface area contributed by atoms with E-state index < -0.39 is 0 Å². The zero-order valence-corrected chi connectivity index (χ0v) is 13.9. The minimum absolute atomic E-state index is 0.768. The summed E-state index contributed by atoms with van der Waals surface area (Å²) in [7, 11) is 0. The Kier molecular flexibility index (Phi) is 10.7. The first-order valence-corrected chi connectivity index (χ1v) is 10.0. The molecule has 108 valence electrons. The maximum Gasteiger partial charge on any atom is 0.0291 e. The van der Waals surface area contributed by atoms with Gasteiger partial charge in [-0.3, -0.25) is 0 Å². The molecule has 1 fully saturated rings. The highest BCUT2D eigenvalue weighted by Gasteiger charge is 2.23. The average molecular weight is 290 g/mol. The van der Waals surface area contributed by atoms with E-state index in [-0.39, 0.29) is 0 Å². The van der Waals surface area contributed by atoms with Gasteiger partial charge in [0, 0.05) is 28.6 Å². The van der Waals surface area contributed by atoms with Gasteiger partial charge in [-0.25, -0.2) is 0 Å². The molecule has 1 N–H and O–H groups in total. The molecule has 0 spiro atoms. The predicted molar refractivity (Wildman–Crippen MR) is 89.0 cm³/mol. The maximum atomic E-state index is 3.80. The quantitative estimate of drug-likeness (QED) is 0.592. The van der Waals surface area contributed by atoms with Gasteiger partial charge in [0.05, 0.1) is 0 Å². The van der Waals surface area contributed by atoms with E-state index in [2.05, 4.69) is 42.7 Å². The van der Waals surface area contributed by atoms with Crippen LogP contribution in [-0.2, 0) is 0 Å². The van der Waals surface area contributed by atoms with Crippen LogP contribution < -0.4 is 5.32 Å². The standard InChI is InChI=1S/C15H31NS2/c1-3-5-6-7-8-9-14(16-10-4-2)15-13-17-11-12-18-15/h14-16H,3-13H2,1-2H3. The molecular formula is C15H31NS2. The van der Waals surface area contributed by atoms with Crippen molar-refractivity contribution in [2.75, 3.05) is 23.8 Å². The molecule has 2 atom stereocenters. The molecule has 0 amide bonds. The van der Waals surface area contributed by atoms with Crippen LogP contribution in [-0.4, -0.2) is 35.1 Å². The molecule has 18 heavy (non-hydrogen) atoms. The van der Waals surface area contributed by atoms with Gasteiger partial charge in [0.25, 0.3) is 0 Å². The third-order valence-corrected chi connectivity index (χ3v) is 6.49. The normalized spacial score (nSPS) is 22.0. The van der Waals surface area contributed by atoms with Crippen LogP contribution in [0.5, 0.6) is 0 Å². The lowest BCUT2D eigenvalue weighted by Crippen LogP contribution is -2.41. The summed E-state index contributed by atoms with van der Waals surface area (Å²) >= 11 is 4.36. The van der Waals surface area contributed by atoms with Crippen molar-refractivity contribution in [3.05, 3.63) is 0 Å². The van der Waals surface area contributed by atoms with Crippen molar-refractivity contribution in [1.29, 1.82) is 0 Å². The summed E-state index contributed by atoms with van der Waals surface area (Å²) in [5, 5.41) is 4.66. The Bertz CT molecular complexity index is 181. The van der Waals surface area contributed by atoms with Crippen molar-refractivity contribution in [3.63, 3.8) is 0 Å². The predicted octanol–water partition coefficient (Wildman–Crippen LogP) is 4.56. The minimum atomic E-state index is 0.768. The van der Waals surface area contributed by atoms with Crippen molar-refractivity contribution in [3.8, 4) is 0 Å².